The van der Waals surface area contributed by atoms with Crippen LogP contribution in [0, 0.1) is 11.3 Å². The van der Waals surface area contributed by atoms with Crippen LogP contribution in [0.4, 0.5) is 18.9 Å². The van der Waals surface area contributed by atoms with Gasteiger partial charge in [-0.25, -0.2) is 0 Å². The maximum absolute atomic E-state index is 13.5. The summed E-state index contributed by atoms with van der Waals surface area (Å²) in [5.74, 6) is -0.475. The minimum Gasteiger partial charge on any atom is -0.508 e. The number of carbonyl (C=O) groups excluding carboxylic acids is 1. The van der Waals surface area contributed by atoms with E-state index in [1.54, 1.807) is 30.0 Å². The van der Waals surface area contributed by atoms with E-state index in [9.17, 15) is 23.1 Å². The molecular weight excluding hydrogens is 415 g/mol. The summed E-state index contributed by atoms with van der Waals surface area (Å²) < 4.78 is 40.3. The molecule has 0 saturated carbocycles. The van der Waals surface area contributed by atoms with Crippen LogP contribution in [0.2, 0.25) is 0 Å². The Morgan fingerprint density at radius 2 is 1.93 bits per heavy atom. The van der Waals surface area contributed by atoms with Crippen LogP contribution in [0.25, 0.3) is 0 Å². The normalized spacial score (nSPS) is 22.2. The van der Waals surface area contributed by atoms with Crippen molar-refractivity contribution in [3.63, 3.8) is 0 Å². The number of rotatable bonds is 4. The molecule has 2 unspecified atom stereocenters. The number of benzene rings is 2. The number of phenolic OH excluding ortho intramolecular Hbond substituents is 1. The first-order valence-electron chi connectivity index (χ1n) is 8.86. The molecule has 1 amide bonds. The molecule has 1 aliphatic heterocycles. The number of amides is 1. The summed E-state index contributed by atoms with van der Waals surface area (Å²) in [6.45, 7) is 5.57. The molecule has 0 spiro atoms. The maximum Gasteiger partial charge on any atom is 0.417 e. The van der Waals surface area contributed by atoms with Gasteiger partial charge in [-0.1, -0.05) is 18.2 Å². The Kier molecular flexibility index (Phi) is 5.58. The summed E-state index contributed by atoms with van der Waals surface area (Å²) in [6, 6.07) is 10.7. The van der Waals surface area contributed by atoms with Crippen LogP contribution < -0.4 is 4.90 Å². The van der Waals surface area contributed by atoms with E-state index in [1.807, 2.05) is 0 Å². The molecule has 0 aliphatic carbocycles. The number of phenols is 1. The molecule has 3 rings (SSSR count). The maximum atomic E-state index is 13.5. The average Bonchev–Trinajstić information content (AvgIpc) is 2.89. The lowest BCUT2D eigenvalue weighted by Gasteiger charge is -2.33. The number of thiol groups is 1. The van der Waals surface area contributed by atoms with Crippen LogP contribution in [0.5, 0.6) is 5.75 Å². The van der Waals surface area contributed by atoms with Gasteiger partial charge in [-0.15, -0.1) is 19.2 Å². The summed E-state index contributed by atoms with van der Waals surface area (Å²) >= 11 is 4.51. The summed E-state index contributed by atoms with van der Waals surface area (Å²) in [4.78, 5) is 16.4. The highest BCUT2D eigenvalue weighted by molar-refractivity contribution is 7.81. The van der Waals surface area contributed by atoms with Gasteiger partial charge in [-0.05, 0) is 42.8 Å². The molecule has 156 valence electrons. The van der Waals surface area contributed by atoms with Crippen LogP contribution in [0.3, 0.4) is 0 Å². The van der Waals surface area contributed by atoms with Crippen molar-refractivity contribution in [2.75, 3.05) is 11.4 Å². The largest absolute Gasteiger partial charge is 0.508 e. The predicted octanol–water partition coefficient (Wildman–Crippen LogP) is 4.25. The molecule has 1 saturated heterocycles. The van der Waals surface area contributed by atoms with Crippen LogP contribution >= 0.6 is 12.6 Å². The fourth-order valence-electron chi connectivity index (χ4n) is 3.59. The number of nitriles is 1. The molecule has 1 N–H and O–H groups in total. The zero-order valence-electron chi connectivity index (χ0n) is 15.9. The highest BCUT2D eigenvalue weighted by Gasteiger charge is 2.54. The number of alkyl halides is 3. The minimum atomic E-state index is -4.75. The molecule has 2 atom stereocenters. The number of carbonyl (C=O) groups is 1. The topological polar surface area (TPSA) is 67.6 Å². The SMILES string of the molecule is C=CCN1C(S)N(c2ccc(C#N)c(C(F)(F)F)c2)C(=O)C1(C)c1ccc(O)cc1. The zero-order chi connectivity index (χ0) is 22.3. The summed E-state index contributed by atoms with van der Waals surface area (Å²) in [7, 11) is 0. The first kappa shape index (κ1) is 21.7. The number of hydrogen-bond donors (Lipinski definition) is 2. The standard InChI is InChI=1S/C21H18F3N3O2S/c1-3-10-26-19(30)27(15-7-4-13(12-25)17(11-15)21(22,23)24)18(29)20(26,2)14-5-8-16(28)9-6-14/h3-9,11,19,28,30H,1,10H2,2H3. The molecule has 2 aromatic carbocycles. The fourth-order valence-corrected chi connectivity index (χ4v) is 4.15. The van der Waals surface area contributed by atoms with Gasteiger partial charge >= 0.3 is 6.18 Å². The van der Waals surface area contributed by atoms with Gasteiger partial charge in [0.2, 0.25) is 0 Å². The molecule has 2 aromatic rings. The van der Waals surface area contributed by atoms with Crippen molar-refractivity contribution in [2.24, 2.45) is 0 Å². The molecule has 1 aliphatic rings. The third-order valence-corrected chi connectivity index (χ3v) is 5.69. The first-order valence-corrected chi connectivity index (χ1v) is 9.37. The second-order valence-electron chi connectivity index (χ2n) is 6.92. The van der Waals surface area contributed by atoms with Crippen molar-refractivity contribution in [3.8, 4) is 11.8 Å². The molecule has 0 radical (unpaired) electrons. The number of halogens is 3. The highest BCUT2D eigenvalue weighted by atomic mass is 32.1. The van der Waals surface area contributed by atoms with Gasteiger partial charge in [0.25, 0.3) is 5.91 Å². The fraction of sp³-hybridized carbons (Fsp3) is 0.238. The summed E-state index contributed by atoms with van der Waals surface area (Å²) in [5.41, 5.74) is -3.28. The Bertz CT molecular complexity index is 1030. The minimum absolute atomic E-state index is 0.0178. The van der Waals surface area contributed by atoms with E-state index in [1.165, 1.54) is 24.3 Å². The number of anilines is 1. The lowest BCUT2D eigenvalue weighted by atomic mass is 9.90. The third-order valence-electron chi connectivity index (χ3n) is 5.18. The van der Waals surface area contributed by atoms with Crippen molar-refractivity contribution in [2.45, 2.75) is 24.1 Å². The Labute approximate surface area is 177 Å². The van der Waals surface area contributed by atoms with Crippen molar-refractivity contribution >= 4 is 24.2 Å². The van der Waals surface area contributed by atoms with E-state index < -0.39 is 34.2 Å². The Morgan fingerprint density at radius 1 is 1.30 bits per heavy atom. The third kappa shape index (κ3) is 3.42. The van der Waals surface area contributed by atoms with Gasteiger partial charge in [0, 0.05) is 12.2 Å². The van der Waals surface area contributed by atoms with Crippen molar-refractivity contribution in [3.05, 3.63) is 71.8 Å². The van der Waals surface area contributed by atoms with Crippen LogP contribution in [0.1, 0.15) is 23.6 Å². The van der Waals surface area contributed by atoms with Crippen LogP contribution in [0.15, 0.2) is 55.1 Å². The predicted molar refractivity (Wildman–Crippen MR) is 109 cm³/mol. The Balaban J connectivity index is 2.15. The second kappa shape index (κ2) is 7.70. The van der Waals surface area contributed by atoms with E-state index in [4.69, 9.17) is 5.26 Å². The first-order chi connectivity index (χ1) is 14.1. The Morgan fingerprint density at radius 3 is 2.47 bits per heavy atom. The van der Waals surface area contributed by atoms with Gasteiger partial charge in [0.05, 0.1) is 17.2 Å². The van der Waals surface area contributed by atoms with Crippen molar-refractivity contribution < 1.29 is 23.1 Å². The lowest BCUT2D eigenvalue weighted by molar-refractivity contribution is -0.137. The number of nitrogens with zero attached hydrogens (tertiary/aromatic N) is 3. The number of aromatic hydroxyl groups is 1. The molecule has 1 heterocycles. The average molecular weight is 433 g/mol. The van der Waals surface area contributed by atoms with E-state index in [0.717, 1.165) is 17.0 Å². The smallest absolute Gasteiger partial charge is 0.417 e. The molecule has 30 heavy (non-hydrogen) atoms. The van der Waals surface area contributed by atoms with E-state index >= 15 is 0 Å². The summed E-state index contributed by atoms with van der Waals surface area (Å²) in [5, 5.41) is 18.6. The van der Waals surface area contributed by atoms with Gasteiger partial charge < -0.3 is 5.11 Å². The number of hydrogen-bond acceptors (Lipinski definition) is 5. The molecule has 0 bridgehead atoms. The quantitative estimate of drug-likeness (QED) is 0.559. The molecular formula is C21H18F3N3O2S. The van der Waals surface area contributed by atoms with Gasteiger partial charge in [-0.3, -0.25) is 14.6 Å². The highest BCUT2D eigenvalue weighted by Crippen LogP contribution is 2.44. The van der Waals surface area contributed by atoms with Crippen LogP contribution in [-0.4, -0.2) is 28.0 Å². The monoisotopic (exact) mass is 433 g/mol. The van der Waals surface area contributed by atoms with E-state index in [-0.39, 0.29) is 18.0 Å². The van der Waals surface area contributed by atoms with Crippen LogP contribution in [-0.2, 0) is 16.5 Å². The molecule has 9 heteroatoms. The Hall–Kier alpha value is -2.96. The van der Waals surface area contributed by atoms with Gasteiger partial charge in [0.1, 0.15) is 16.8 Å². The lowest BCUT2D eigenvalue weighted by Crippen LogP contribution is -2.44. The van der Waals surface area contributed by atoms with E-state index in [0.29, 0.717) is 5.56 Å². The van der Waals surface area contributed by atoms with Gasteiger partial charge in [0.15, 0.2) is 0 Å². The van der Waals surface area contributed by atoms with Gasteiger partial charge in [-0.2, -0.15) is 18.4 Å². The molecule has 1 fully saturated rings. The van der Waals surface area contributed by atoms with E-state index in [2.05, 4.69) is 19.2 Å². The van der Waals surface area contributed by atoms with Crippen molar-refractivity contribution in [1.82, 2.24) is 4.90 Å². The summed E-state index contributed by atoms with van der Waals surface area (Å²) in [6.07, 6.45) is -3.18. The second-order valence-corrected chi connectivity index (χ2v) is 7.38. The molecule has 5 nitrogen and oxygen atoms in total. The zero-order valence-corrected chi connectivity index (χ0v) is 16.8. The molecule has 0 aromatic heterocycles. The van der Waals surface area contributed by atoms with Crippen molar-refractivity contribution in [1.29, 1.82) is 5.26 Å².